The minimum Gasteiger partial charge on any atom is -0.304 e. The van der Waals surface area contributed by atoms with Crippen LogP contribution in [0, 0.1) is 0 Å². The van der Waals surface area contributed by atoms with Crippen molar-refractivity contribution in [1.82, 2.24) is 19.3 Å². The smallest absolute Gasteiger partial charge is 0.304 e. The molecule has 0 unspecified atom stereocenters. The number of hydrogen-bond acceptors (Lipinski definition) is 5. The lowest BCUT2D eigenvalue weighted by molar-refractivity contribution is 0.586. The Kier molecular flexibility index (Phi) is 5.40. The zero-order valence-electron chi connectivity index (χ0n) is 15.0. The van der Waals surface area contributed by atoms with Crippen LogP contribution in [0.5, 0.6) is 0 Å². The van der Waals surface area contributed by atoms with Gasteiger partial charge in [0, 0.05) is 6.54 Å². The molecule has 138 valence electrons. The Bertz CT molecular complexity index is 1100. The van der Waals surface area contributed by atoms with Gasteiger partial charge in [0.15, 0.2) is 11.0 Å². The number of rotatable bonds is 7. The van der Waals surface area contributed by atoms with E-state index in [1.807, 2.05) is 30.3 Å². The fourth-order valence-electron chi connectivity index (χ4n) is 3.09. The fraction of sp³-hybridized carbons (Fsp3) is 0.250. The van der Waals surface area contributed by atoms with E-state index >= 15 is 0 Å². The van der Waals surface area contributed by atoms with Gasteiger partial charge in [0.25, 0.3) is 0 Å². The maximum Gasteiger partial charge on any atom is 0.308 e. The molecule has 0 atom stereocenters. The van der Waals surface area contributed by atoms with E-state index in [1.165, 1.54) is 16.9 Å². The largest absolute Gasteiger partial charge is 0.308 e. The lowest BCUT2D eigenvalue weighted by Crippen LogP contribution is -2.18. The number of thioether (sulfide) groups is 1. The molecule has 7 heteroatoms. The van der Waals surface area contributed by atoms with Crippen LogP contribution >= 0.6 is 23.1 Å². The summed E-state index contributed by atoms with van der Waals surface area (Å²) in [5, 5.41) is 9.69. The first kappa shape index (κ1) is 18.0. The zero-order chi connectivity index (χ0) is 18.6. The SMILES string of the molecule is CCSc1nnc(Cn2c(=O)sc3ccccc32)n1CCc1ccccc1. The van der Waals surface area contributed by atoms with Gasteiger partial charge in [0.1, 0.15) is 0 Å². The summed E-state index contributed by atoms with van der Waals surface area (Å²) in [5.41, 5.74) is 2.23. The molecule has 4 aromatic rings. The van der Waals surface area contributed by atoms with Crippen molar-refractivity contribution in [2.75, 3.05) is 5.75 Å². The third kappa shape index (κ3) is 3.84. The monoisotopic (exact) mass is 396 g/mol. The second-order valence-electron chi connectivity index (χ2n) is 6.14. The molecule has 2 heterocycles. The van der Waals surface area contributed by atoms with Crippen LogP contribution < -0.4 is 4.87 Å². The highest BCUT2D eigenvalue weighted by atomic mass is 32.2. The second-order valence-corrected chi connectivity index (χ2v) is 8.37. The standard InChI is InChI=1S/C20H20N4OS2/c1-2-26-19-22-21-18(23(19)13-12-15-8-4-3-5-9-15)14-24-16-10-6-7-11-17(16)27-20(24)25/h3-11H,2,12-14H2,1H3. The molecule has 0 aliphatic rings. The predicted molar refractivity (Wildman–Crippen MR) is 112 cm³/mol. The number of fused-ring (bicyclic) bond motifs is 1. The van der Waals surface area contributed by atoms with Gasteiger partial charge in [-0.25, -0.2) is 0 Å². The highest BCUT2D eigenvalue weighted by Crippen LogP contribution is 2.21. The number of aryl methyl sites for hydroxylation is 1. The third-order valence-electron chi connectivity index (χ3n) is 4.41. The van der Waals surface area contributed by atoms with Gasteiger partial charge < -0.3 is 4.57 Å². The summed E-state index contributed by atoms with van der Waals surface area (Å²) in [5.74, 6) is 1.76. The minimum absolute atomic E-state index is 0.0403. The van der Waals surface area contributed by atoms with Gasteiger partial charge in [0.05, 0.1) is 16.8 Å². The number of nitrogens with zero attached hydrogens (tertiary/aromatic N) is 4. The molecule has 0 radical (unpaired) electrons. The van der Waals surface area contributed by atoms with E-state index in [-0.39, 0.29) is 4.87 Å². The van der Waals surface area contributed by atoms with Gasteiger partial charge in [-0.15, -0.1) is 10.2 Å². The van der Waals surface area contributed by atoms with Gasteiger partial charge in [-0.05, 0) is 29.9 Å². The maximum absolute atomic E-state index is 12.5. The predicted octanol–water partition coefficient (Wildman–Crippen LogP) is 4.06. The van der Waals surface area contributed by atoms with Crippen molar-refractivity contribution in [2.24, 2.45) is 0 Å². The topological polar surface area (TPSA) is 52.7 Å². The van der Waals surface area contributed by atoms with Crippen molar-refractivity contribution in [2.45, 2.75) is 31.6 Å². The second kappa shape index (κ2) is 8.10. The molecule has 0 aliphatic heterocycles. The first-order chi connectivity index (χ1) is 13.3. The molecule has 0 spiro atoms. The molecule has 0 amide bonds. The maximum atomic E-state index is 12.5. The Morgan fingerprint density at radius 2 is 1.78 bits per heavy atom. The van der Waals surface area contributed by atoms with Gasteiger partial charge in [-0.2, -0.15) is 0 Å². The lowest BCUT2D eigenvalue weighted by Gasteiger charge is -2.10. The first-order valence-corrected chi connectivity index (χ1v) is 10.7. The zero-order valence-corrected chi connectivity index (χ0v) is 16.7. The molecule has 0 saturated heterocycles. The van der Waals surface area contributed by atoms with Crippen molar-refractivity contribution < 1.29 is 0 Å². The van der Waals surface area contributed by atoms with E-state index in [9.17, 15) is 4.79 Å². The average Bonchev–Trinajstić information content (AvgIpc) is 3.22. The fourth-order valence-corrected chi connectivity index (χ4v) is 4.69. The summed E-state index contributed by atoms with van der Waals surface area (Å²) < 4.78 is 4.95. The van der Waals surface area contributed by atoms with Gasteiger partial charge in [0.2, 0.25) is 0 Å². The molecule has 4 rings (SSSR count). The van der Waals surface area contributed by atoms with Crippen LogP contribution in [0.15, 0.2) is 64.5 Å². The molecule has 27 heavy (non-hydrogen) atoms. The van der Waals surface area contributed by atoms with E-state index < -0.39 is 0 Å². The molecule has 0 aliphatic carbocycles. The lowest BCUT2D eigenvalue weighted by atomic mass is 10.1. The Hall–Kier alpha value is -2.38. The summed E-state index contributed by atoms with van der Waals surface area (Å²) >= 11 is 2.96. The molecule has 5 nitrogen and oxygen atoms in total. The highest BCUT2D eigenvalue weighted by molar-refractivity contribution is 7.99. The van der Waals surface area contributed by atoms with Crippen LogP contribution in [0.25, 0.3) is 10.2 Å². The normalized spacial score (nSPS) is 11.3. The number of benzene rings is 2. The van der Waals surface area contributed by atoms with Crippen molar-refractivity contribution in [3.8, 4) is 0 Å². The quantitative estimate of drug-likeness (QED) is 0.442. The molecule has 0 bridgehead atoms. The van der Waals surface area contributed by atoms with Crippen LogP contribution in [0.1, 0.15) is 18.3 Å². The summed E-state index contributed by atoms with van der Waals surface area (Å²) in [4.78, 5) is 12.5. The van der Waals surface area contributed by atoms with Gasteiger partial charge in [-0.3, -0.25) is 9.36 Å². The molecule has 2 aromatic heterocycles. The number of hydrogen-bond donors (Lipinski definition) is 0. The van der Waals surface area contributed by atoms with Crippen molar-refractivity contribution in [3.05, 3.63) is 75.7 Å². The van der Waals surface area contributed by atoms with E-state index in [4.69, 9.17) is 0 Å². The number of aromatic nitrogens is 4. The van der Waals surface area contributed by atoms with Crippen molar-refractivity contribution in [3.63, 3.8) is 0 Å². The van der Waals surface area contributed by atoms with Crippen LogP contribution in [-0.4, -0.2) is 25.1 Å². The minimum atomic E-state index is 0.0403. The van der Waals surface area contributed by atoms with Crippen LogP contribution in [0.4, 0.5) is 0 Å². The molecule has 0 saturated carbocycles. The highest BCUT2D eigenvalue weighted by Gasteiger charge is 2.15. The van der Waals surface area contributed by atoms with Crippen LogP contribution in [-0.2, 0) is 19.5 Å². The Balaban J connectivity index is 1.66. The Labute approximate surface area is 165 Å². The van der Waals surface area contributed by atoms with Gasteiger partial charge in [-0.1, -0.05) is 72.5 Å². The molecule has 0 N–H and O–H groups in total. The van der Waals surface area contributed by atoms with Crippen LogP contribution in [0.3, 0.4) is 0 Å². The first-order valence-electron chi connectivity index (χ1n) is 8.93. The summed E-state index contributed by atoms with van der Waals surface area (Å²) in [6.07, 6.45) is 0.905. The Morgan fingerprint density at radius 1 is 1.00 bits per heavy atom. The number of para-hydroxylation sites is 1. The van der Waals surface area contributed by atoms with Crippen LogP contribution in [0.2, 0.25) is 0 Å². The van der Waals surface area contributed by atoms with E-state index in [1.54, 1.807) is 16.3 Å². The van der Waals surface area contributed by atoms with E-state index in [0.717, 1.165) is 39.9 Å². The average molecular weight is 397 g/mol. The summed E-state index contributed by atoms with van der Waals surface area (Å²) in [6, 6.07) is 18.3. The third-order valence-corrected chi connectivity index (χ3v) is 6.22. The summed E-state index contributed by atoms with van der Waals surface area (Å²) in [6.45, 7) is 3.35. The Morgan fingerprint density at radius 3 is 2.59 bits per heavy atom. The van der Waals surface area contributed by atoms with Crippen molar-refractivity contribution in [1.29, 1.82) is 0 Å². The molecule has 0 fully saturated rings. The van der Waals surface area contributed by atoms with E-state index in [0.29, 0.717) is 6.54 Å². The molecular formula is C20H20N4OS2. The van der Waals surface area contributed by atoms with E-state index in [2.05, 4.69) is 46.0 Å². The van der Waals surface area contributed by atoms with Gasteiger partial charge >= 0.3 is 4.87 Å². The number of thiazole rings is 1. The van der Waals surface area contributed by atoms with Crippen molar-refractivity contribution >= 4 is 33.3 Å². The molecular weight excluding hydrogens is 376 g/mol. The summed E-state index contributed by atoms with van der Waals surface area (Å²) in [7, 11) is 0. The molecule has 2 aromatic carbocycles.